The molecule has 0 fully saturated rings. The number of halogens is 2. The summed E-state index contributed by atoms with van der Waals surface area (Å²) in [5.41, 5.74) is 2.28. The molecule has 0 aliphatic heterocycles. The van der Waals surface area contributed by atoms with E-state index in [4.69, 9.17) is 4.74 Å². The normalized spacial score (nSPS) is 11.0. The van der Waals surface area contributed by atoms with Crippen LogP contribution in [0, 0.1) is 17.1 Å². The van der Waals surface area contributed by atoms with Crippen LogP contribution in [0.15, 0.2) is 77.3 Å². The smallest absolute Gasteiger partial charge is 0.131 e. The first-order chi connectivity index (χ1) is 12.7. The van der Waals surface area contributed by atoms with Gasteiger partial charge < -0.3 is 4.74 Å². The van der Waals surface area contributed by atoms with E-state index in [0.29, 0.717) is 12.4 Å². The molecular weight excluding hydrogens is 393 g/mol. The van der Waals surface area contributed by atoms with Gasteiger partial charge in [0.15, 0.2) is 0 Å². The van der Waals surface area contributed by atoms with E-state index in [9.17, 15) is 9.65 Å². The largest absolute Gasteiger partial charge is 0.488 e. The van der Waals surface area contributed by atoms with Crippen molar-refractivity contribution in [2.24, 2.45) is 0 Å². The Morgan fingerprint density at radius 2 is 1.69 bits per heavy atom. The summed E-state index contributed by atoms with van der Waals surface area (Å²) in [5.74, 6) is 0.216. The van der Waals surface area contributed by atoms with E-state index in [1.165, 1.54) is 6.07 Å². The van der Waals surface area contributed by atoms with Gasteiger partial charge in [-0.05, 0) is 35.9 Å². The molecule has 0 spiro atoms. The third-order valence-corrected chi connectivity index (χ3v) is 4.34. The number of nitrogens with zero attached hydrogens (tertiary/aromatic N) is 1. The molecule has 128 valence electrons. The average Bonchev–Trinajstić information content (AvgIpc) is 2.67. The standard InChI is InChI=1S/C22H15BrFNO/c23-19-11-9-16(10-12-19)15-26-22-8-4-1-5-17(22)13-18(14-25)20-6-2-3-7-21(20)24/h1-13H,15H2/b18-13-. The van der Waals surface area contributed by atoms with Crippen LogP contribution in [0.1, 0.15) is 16.7 Å². The van der Waals surface area contributed by atoms with Crippen molar-refractivity contribution in [1.82, 2.24) is 0 Å². The molecule has 0 unspecified atom stereocenters. The minimum Gasteiger partial charge on any atom is -0.488 e. The van der Waals surface area contributed by atoms with Crippen molar-refractivity contribution in [2.75, 3.05) is 0 Å². The maximum atomic E-state index is 14.0. The van der Waals surface area contributed by atoms with Crippen LogP contribution in [0.5, 0.6) is 5.75 Å². The van der Waals surface area contributed by atoms with Crippen molar-refractivity contribution >= 4 is 27.6 Å². The van der Waals surface area contributed by atoms with Gasteiger partial charge in [0.25, 0.3) is 0 Å². The summed E-state index contributed by atoms with van der Waals surface area (Å²) in [6.45, 7) is 0.402. The van der Waals surface area contributed by atoms with Crippen LogP contribution in [0.2, 0.25) is 0 Å². The van der Waals surface area contributed by atoms with Gasteiger partial charge in [-0.2, -0.15) is 5.26 Å². The SMILES string of the molecule is N#C/C(=C/c1ccccc1OCc1ccc(Br)cc1)c1ccccc1F. The van der Waals surface area contributed by atoms with Crippen molar-refractivity contribution in [3.63, 3.8) is 0 Å². The molecule has 0 bridgehead atoms. The first kappa shape index (κ1) is 17.9. The van der Waals surface area contributed by atoms with Gasteiger partial charge in [-0.15, -0.1) is 0 Å². The minimum absolute atomic E-state index is 0.253. The molecule has 3 aromatic rings. The lowest BCUT2D eigenvalue weighted by Crippen LogP contribution is -1.97. The Bertz CT molecular complexity index is 974. The Morgan fingerprint density at radius 1 is 1.00 bits per heavy atom. The number of allylic oxidation sites excluding steroid dienone is 1. The first-order valence-electron chi connectivity index (χ1n) is 8.00. The third-order valence-electron chi connectivity index (χ3n) is 3.81. The average molecular weight is 408 g/mol. The maximum Gasteiger partial charge on any atom is 0.131 e. The summed E-state index contributed by atoms with van der Waals surface area (Å²) in [6.07, 6.45) is 1.65. The van der Waals surface area contributed by atoms with Crippen molar-refractivity contribution in [3.8, 4) is 11.8 Å². The van der Waals surface area contributed by atoms with Crippen LogP contribution in [0.3, 0.4) is 0 Å². The van der Waals surface area contributed by atoms with Crippen LogP contribution in [0.4, 0.5) is 4.39 Å². The Kier molecular flexibility index (Phi) is 5.83. The van der Waals surface area contributed by atoms with Crippen LogP contribution in [-0.2, 0) is 6.61 Å². The second-order valence-electron chi connectivity index (χ2n) is 5.60. The van der Waals surface area contributed by atoms with Crippen molar-refractivity contribution < 1.29 is 9.13 Å². The molecule has 0 aliphatic rings. The van der Waals surface area contributed by atoms with Crippen molar-refractivity contribution in [2.45, 2.75) is 6.61 Å². The summed E-state index contributed by atoms with van der Waals surface area (Å²) in [5, 5.41) is 9.46. The van der Waals surface area contributed by atoms with Crippen LogP contribution >= 0.6 is 15.9 Å². The third kappa shape index (κ3) is 4.38. The second kappa shape index (κ2) is 8.46. The molecule has 0 N–H and O–H groups in total. The van der Waals surface area contributed by atoms with Gasteiger partial charge in [-0.1, -0.05) is 64.5 Å². The fourth-order valence-electron chi connectivity index (χ4n) is 2.48. The molecule has 0 radical (unpaired) electrons. The van der Waals surface area contributed by atoms with Crippen molar-refractivity contribution in [1.29, 1.82) is 5.26 Å². The minimum atomic E-state index is -0.423. The lowest BCUT2D eigenvalue weighted by Gasteiger charge is -2.10. The first-order valence-corrected chi connectivity index (χ1v) is 8.79. The quantitative estimate of drug-likeness (QED) is 0.370. The summed E-state index contributed by atoms with van der Waals surface area (Å²) in [7, 11) is 0. The molecule has 0 aliphatic carbocycles. The molecule has 0 atom stereocenters. The molecule has 0 amide bonds. The zero-order valence-corrected chi connectivity index (χ0v) is 15.4. The Labute approximate surface area is 160 Å². The van der Waals surface area contributed by atoms with E-state index in [1.54, 1.807) is 24.3 Å². The molecule has 3 rings (SSSR count). The summed E-state index contributed by atoms with van der Waals surface area (Å²) in [4.78, 5) is 0. The van der Waals surface area contributed by atoms with E-state index < -0.39 is 5.82 Å². The lowest BCUT2D eigenvalue weighted by molar-refractivity contribution is 0.305. The molecule has 0 saturated carbocycles. The molecule has 0 aromatic heterocycles. The number of hydrogen-bond donors (Lipinski definition) is 0. The number of ether oxygens (including phenoxy) is 1. The van der Waals surface area contributed by atoms with Gasteiger partial charge in [-0.25, -0.2) is 4.39 Å². The monoisotopic (exact) mass is 407 g/mol. The number of nitriles is 1. The number of rotatable bonds is 5. The molecule has 26 heavy (non-hydrogen) atoms. The van der Waals surface area contributed by atoms with E-state index >= 15 is 0 Å². The highest BCUT2D eigenvalue weighted by Crippen LogP contribution is 2.26. The Hall–Kier alpha value is -2.90. The van der Waals surface area contributed by atoms with Gasteiger partial charge in [0.1, 0.15) is 18.2 Å². The zero-order chi connectivity index (χ0) is 18.4. The number of hydrogen-bond acceptors (Lipinski definition) is 2. The van der Waals surface area contributed by atoms with Crippen LogP contribution in [0.25, 0.3) is 11.6 Å². The summed E-state index contributed by atoms with van der Waals surface area (Å²) in [6, 6.07) is 23.6. The fourth-order valence-corrected chi connectivity index (χ4v) is 2.74. The zero-order valence-electron chi connectivity index (χ0n) is 13.8. The highest BCUT2D eigenvalue weighted by atomic mass is 79.9. The predicted octanol–water partition coefficient (Wildman–Crippen LogP) is 6.23. The number of benzene rings is 3. The molecule has 0 heterocycles. The van der Waals surface area contributed by atoms with Gasteiger partial charge in [0, 0.05) is 15.6 Å². The van der Waals surface area contributed by atoms with Gasteiger partial charge >= 0.3 is 0 Å². The molecule has 2 nitrogen and oxygen atoms in total. The predicted molar refractivity (Wildman–Crippen MR) is 105 cm³/mol. The fraction of sp³-hybridized carbons (Fsp3) is 0.0455. The Morgan fingerprint density at radius 3 is 2.42 bits per heavy atom. The van der Waals surface area contributed by atoms with E-state index in [2.05, 4.69) is 22.0 Å². The highest BCUT2D eigenvalue weighted by molar-refractivity contribution is 9.10. The topological polar surface area (TPSA) is 33.0 Å². The molecule has 3 aromatic carbocycles. The maximum absolute atomic E-state index is 14.0. The van der Waals surface area contributed by atoms with Crippen molar-refractivity contribution in [3.05, 3.63) is 99.8 Å². The van der Waals surface area contributed by atoms with E-state index in [1.807, 2.05) is 48.5 Å². The van der Waals surface area contributed by atoms with E-state index in [0.717, 1.165) is 15.6 Å². The van der Waals surface area contributed by atoms with Gasteiger partial charge in [0.2, 0.25) is 0 Å². The number of para-hydroxylation sites is 1. The Balaban J connectivity index is 1.87. The highest BCUT2D eigenvalue weighted by Gasteiger charge is 2.09. The summed E-state index contributed by atoms with van der Waals surface area (Å²) < 4.78 is 20.9. The van der Waals surface area contributed by atoms with Crippen LogP contribution < -0.4 is 4.74 Å². The van der Waals surface area contributed by atoms with Gasteiger partial charge in [0.05, 0.1) is 11.6 Å². The summed E-state index contributed by atoms with van der Waals surface area (Å²) >= 11 is 3.41. The van der Waals surface area contributed by atoms with Crippen LogP contribution in [-0.4, -0.2) is 0 Å². The molecule has 4 heteroatoms. The lowest BCUT2D eigenvalue weighted by atomic mass is 10.0. The van der Waals surface area contributed by atoms with Gasteiger partial charge in [-0.3, -0.25) is 0 Å². The van der Waals surface area contributed by atoms with E-state index in [-0.39, 0.29) is 11.1 Å². The molecule has 0 saturated heterocycles. The molecular formula is C22H15BrFNO. The second-order valence-corrected chi connectivity index (χ2v) is 6.52.